The molecule has 2 aromatic heterocycles. The van der Waals surface area contributed by atoms with Gasteiger partial charge in [0.15, 0.2) is 10.9 Å². The number of thiophene rings is 1. The van der Waals surface area contributed by atoms with E-state index in [1.54, 1.807) is 12.4 Å². The van der Waals surface area contributed by atoms with Crippen molar-refractivity contribution in [2.75, 3.05) is 5.75 Å². The zero-order chi connectivity index (χ0) is 12.3. The molecule has 0 aliphatic rings. The molecule has 0 aromatic carbocycles. The average Bonchev–Trinajstić information content (AvgIpc) is 2.75. The molecular weight excluding hydrogens is 320 g/mol. The van der Waals surface area contributed by atoms with E-state index in [0.29, 0.717) is 10.9 Å². The summed E-state index contributed by atoms with van der Waals surface area (Å²) in [5, 5.41) is 0.638. The molecule has 0 fully saturated rings. The van der Waals surface area contributed by atoms with Gasteiger partial charge in [0.1, 0.15) is 0 Å². The van der Waals surface area contributed by atoms with Crippen LogP contribution in [0, 0.1) is 6.92 Å². The van der Waals surface area contributed by atoms with Crippen LogP contribution in [-0.4, -0.2) is 21.5 Å². The number of hydrogen-bond acceptors (Lipinski definition) is 5. The van der Waals surface area contributed by atoms with Gasteiger partial charge >= 0.3 is 0 Å². The molecule has 0 amide bonds. The number of thioether (sulfide) groups is 1. The van der Waals surface area contributed by atoms with Gasteiger partial charge in [-0.05, 0) is 40.5 Å². The molecule has 3 nitrogen and oxygen atoms in total. The summed E-state index contributed by atoms with van der Waals surface area (Å²) in [5.74, 6) is 0.477. The minimum absolute atomic E-state index is 0.106. The Labute approximate surface area is 116 Å². The lowest BCUT2D eigenvalue weighted by molar-refractivity contribution is 0.102. The Kier molecular flexibility index (Phi) is 4.31. The first kappa shape index (κ1) is 12.7. The van der Waals surface area contributed by atoms with Crippen LogP contribution < -0.4 is 0 Å². The highest BCUT2D eigenvalue weighted by Crippen LogP contribution is 2.24. The first-order chi connectivity index (χ1) is 8.15. The van der Waals surface area contributed by atoms with Crippen molar-refractivity contribution in [2.24, 2.45) is 0 Å². The number of rotatable bonds is 4. The summed E-state index contributed by atoms with van der Waals surface area (Å²) in [4.78, 5) is 20.9. The van der Waals surface area contributed by atoms with Gasteiger partial charge in [-0.15, -0.1) is 11.3 Å². The fraction of sp³-hybridized carbons (Fsp3) is 0.182. The Bertz CT molecular complexity index is 525. The normalized spacial score (nSPS) is 10.5. The summed E-state index contributed by atoms with van der Waals surface area (Å²) < 4.78 is 0.970. The molecule has 0 N–H and O–H groups in total. The van der Waals surface area contributed by atoms with Crippen molar-refractivity contribution < 1.29 is 4.79 Å². The maximum atomic E-state index is 11.8. The van der Waals surface area contributed by atoms with Gasteiger partial charge in [0, 0.05) is 12.4 Å². The van der Waals surface area contributed by atoms with E-state index < -0.39 is 0 Å². The molecule has 88 valence electrons. The molecular formula is C11H9BrN2OS2. The number of Topliss-reactive ketones (excluding diaryl/α,β-unsaturated/α-hetero) is 1. The van der Waals surface area contributed by atoms with Crippen LogP contribution in [0.2, 0.25) is 0 Å². The lowest BCUT2D eigenvalue weighted by Gasteiger charge is -1.98. The first-order valence-electron chi connectivity index (χ1n) is 4.85. The van der Waals surface area contributed by atoms with Crippen LogP contribution in [0.5, 0.6) is 0 Å². The van der Waals surface area contributed by atoms with E-state index in [4.69, 9.17) is 0 Å². The van der Waals surface area contributed by atoms with E-state index in [-0.39, 0.29) is 5.78 Å². The van der Waals surface area contributed by atoms with E-state index in [2.05, 4.69) is 25.9 Å². The Morgan fingerprint density at radius 1 is 1.41 bits per heavy atom. The molecule has 17 heavy (non-hydrogen) atoms. The monoisotopic (exact) mass is 328 g/mol. The summed E-state index contributed by atoms with van der Waals surface area (Å²) in [6.45, 7) is 1.93. The van der Waals surface area contributed by atoms with Crippen LogP contribution in [-0.2, 0) is 0 Å². The highest BCUT2D eigenvalue weighted by molar-refractivity contribution is 9.11. The van der Waals surface area contributed by atoms with Crippen molar-refractivity contribution in [3.63, 3.8) is 0 Å². The predicted molar refractivity (Wildman–Crippen MR) is 73.8 cm³/mol. The van der Waals surface area contributed by atoms with Gasteiger partial charge in [-0.25, -0.2) is 9.97 Å². The van der Waals surface area contributed by atoms with E-state index in [0.717, 1.165) is 14.2 Å². The summed E-state index contributed by atoms with van der Waals surface area (Å²) in [6.07, 6.45) is 3.50. The largest absolute Gasteiger partial charge is 0.292 e. The predicted octanol–water partition coefficient (Wildman–Crippen LogP) is 3.58. The maximum Gasteiger partial charge on any atom is 0.187 e. The smallest absolute Gasteiger partial charge is 0.187 e. The number of aromatic nitrogens is 2. The molecule has 0 aliphatic carbocycles. The zero-order valence-corrected chi connectivity index (χ0v) is 12.2. The minimum atomic E-state index is 0.106. The molecule has 0 spiro atoms. The Morgan fingerprint density at radius 3 is 2.71 bits per heavy atom. The zero-order valence-electron chi connectivity index (χ0n) is 9.01. The van der Waals surface area contributed by atoms with Gasteiger partial charge in [0.25, 0.3) is 0 Å². The number of nitrogens with zero attached hydrogens (tertiary/aromatic N) is 2. The molecule has 2 aromatic rings. The lowest BCUT2D eigenvalue weighted by atomic mass is 10.4. The van der Waals surface area contributed by atoms with E-state index in [1.807, 2.05) is 19.1 Å². The van der Waals surface area contributed by atoms with Crippen LogP contribution in [0.15, 0.2) is 33.5 Å². The summed E-state index contributed by atoms with van der Waals surface area (Å²) in [7, 11) is 0. The molecule has 0 unspecified atom stereocenters. The van der Waals surface area contributed by atoms with Crippen molar-refractivity contribution in [1.29, 1.82) is 0 Å². The fourth-order valence-electron chi connectivity index (χ4n) is 1.12. The van der Waals surface area contributed by atoms with Crippen molar-refractivity contribution in [1.82, 2.24) is 9.97 Å². The van der Waals surface area contributed by atoms with Crippen molar-refractivity contribution in [3.8, 4) is 0 Å². The maximum absolute atomic E-state index is 11.8. The standard InChI is InChI=1S/C11H9BrN2OS2/c1-7-4-13-11(14-5-7)16-6-8(15)9-2-3-10(12)17-9/h2-5H,6H2,1H3. The highest BCUT2D eigenvalue weighted by atomic mass is 79.9. The quantitative estimate of drug-likeness (QED) is 0.488. The summed E-state index contributed by atoms with van der Waals surface area (Å²) >= 11 is 6.15. The van der Waals surface area contributed by atoms with Gasteiger partial charge in [0.05, 0.1) is 14.4 Å². The number of halogens is 1. The molecule has 0 radical (unpaired) electrons. The topological polar surface area (TPSA) is 42.9 Å². The van der Waals surface area contributed by atoms with Crippen LogP contribution in [0.3, 0.4) is 0 Å². The lowest BCUT2D eigenvalue weighted by Crippen LogP contribution is -2.00. The number of carbonyl (C=O) groups excluding carboxylic acids is 1. The third-order valence-corrected chi connectivity index (χ3v) is 4.48. The Hall–Kier alpha value is -0.720. The number of aryl methyl sites for hydroxylation is 1. The molecule has 2 rings (SSSR count). The summed E-state index contributed by atoms with van der Waals surface area (Å²) in [6, 6.07) is 3.71. The van der Waals surface area contributed by atoms with Gasteiger partial charge in [0.2, 0.25) is 0 Å². The van der Waals surface area contributed by atoms with Crippen LogP contribution in [0.1, 0.15) is 15.2 Å². The molecule has 2 heterocycles. The average molecular weight is 329 g/mol. The second kappa shape index (κ2) is 5.75. The SMILES string of the molecule is Cc1cnc(SCC(=O)c2ccc(Br)s2)nc1. The molecule has 0 saturated carbocycles. The van der Waals surface area contributed by atoms with Crippen molar-refractivity contribution in [3.05, 3.63) is 38.8 Å². The fourth-order valence-corrected chi connectivity index (χ4v) is 3.21. The van der Waals surface area contributed by atoms with E-state index in [9.17, 15) is 4.79 Å². The van der Waals surface area contributed by atoms with Crippen LogP contribution >= 0.6 is 39.0 Å². The molecule has 0 saturated heterocycles. The molecule has 6 heteroatoms. The third-order valence-electron chi connectivity index (χ3n) is 1.94. The second-order valence-corrected chi connectivity index (χ2v) is 6.76. The Balaban J connectivity index is 1.94. The molecule has 0 aliphatic heterocycles. The van der Waals surface area contributed by atoms with Gasteiger partial charge < -0.3 is 0 Å². The second-order valence-electron chi connectivity index (χ2n) is 3.36. The van der Waals surface area contributed by atoms with E-state index in [1.165, 1.54) is 23.1 Å². The van der Waals surface area contributed by atoms with Gasteiger partial charge in [-0.2, -0.15) is 0 Å². The van der Waals surface area contributed by atoms with Crippen LogP contribution in [0.4, 0.5) is 0 Å². The number of hydrogen-bond donors (Lipinski definition) is 0. The summed E-state index contributed by atoms with van der Waals surface area (Å²) in [5.41, 5.74) is 1.02. The highest BCUT2D eigenvalue weighted by Gasteiger charge is 2.10. The van der Waals surface area contributed by atoms with Crippen molar-refractivity contribution in [2.45, 2.75) is 12.1 Å². The van der Waals surface area contributed by atoms with E-state index >= 15 is 0 Å². The van der Waals surface area contributed by atoms with Gasteiger partial charge in [-0.3, -0.25) is 4.79 Å². The number of ketones is 1. The minimum Gasteiger partial charge on any atom is -0.292 e. The Morgan fingerprint density at radius 2 is 2.12 bits per heavy atom. The van der Waals surface area contributed by atoms with Gasteiger partial charge in [-0.1, -0.05) is 11.8 Å². The number of carbonyl (C=O) groups is 1. The molecule has 0 atom stereocenters. The first-order valence-corrected chi connectivity index (χ1v) is 7.44. The molecule has 0 bridgehead atoms. The van der Waals surface area contributed by atoms with Crippen molar-refractivity contribution >= 4 is 44.8 Å². The van der Waals surface area contributed by atoms with Crippen LogP contribution in [0.25, 0.3) is 0 Å². The third kappa shape index (κ3) is 3.62.